The van der Waals surface area contributed by atoms with Crippen molar-refractivity contribution in [3.8, 4) is 0 Å². The van der Waals surface area contributed by atoms with E-state index in [4.69, 9.17) is 0 Å². The first kappa shape index (κ1) is 22.4. The van der Waals surface area contributed by atoms with Gasteiger partial charge in [0.05, 0.1) is 12.0 Å². The van der Waals surface area contributed by atoms with Crippen LogP contribution in [0.2, 0.25) is 0 Å². The Kier molecular flexibility index (Phi) is 8.57. The van der Waals surface area contributed by atoms with Crippen molar-refractivity contribution in [1.29, 1.82) is 0 Å². The van der Waals surface area contributed by atoms with Crippen LogP contribution in [0.5, 0.6) is 0 Å². The van der Waals surface area contributed by atoms with Gasteiger partial charge < -0.3 is 12.3 Å². The Morgan fingerprint density at radius 1 is 1.00 bits per heavy atom. The fourth-order valence-electron chi connectivity index (χ4n) is 3.84. The van der Waals surface area contributed by atoms with E-state index in [0.717, 1.165) is 12.3 Å². The zero-order valence-electron chi connectivity index (χ0n) is 16.1. The van der Waals surface area contributed by atoms with Crippen LogP contribution < -0.4 is 0 Å². The summed E-state index contributed by atoms with van der Waals surface area (Å²) in [5, 5.41) is 0. The Labute approximate surface area is 168 Å². The van der Waals surface area contributed by atoms with Crippen LogP contribution in [0.15, 0.2) is 52.6 Å². The van der Waals surface area contributed by atoms with E-state index in [0.29, 0.717) is 0 Å². The molecule has 1 saturated heterocycles. The van der Waals surface area contributed by atoms with Gasteiger partial charge in [0.25, 0.3) is 0 Å². The molecule has 144 valence electrons. The third-order valence-electron chi connectivity index (χ3n) is 5.14. The zero-order chi connectivity index (χ0) is 17.1. The predicted molar refractivity (Wildman–Crippen MR) is 105 cm³/mol. The maximum atomic E-state index is 12.2. The number of nitrogens with zero attached hydrogens (tertiary/aromatic N) is 3. The van der Waals surface area contributed by atoms with E-state index >= 15 is 0 Å². The zero-order valence-corrected chi connectivity index (χ0v) is 17.1. The molecule has 1 heterocycles. The number of amides is 2. The Morgan fingerprint density at radius 2 is 1.58 bits per heavy atom. The van der Waals surface area contributed by atoms with E-state index < -0.39 is 0 Å². The summed E-state index contributed by atoms with van der Waals surface area (Å²) >= 11 is 0. The second-order valence-electron chi connectivity index (χ2n) is 6.60. The second kappa shape index (κ2) is 9.93. The molecule has 2 amide bonds. The number of aliphatic imine (C=N–C) groups is 1. The number of allylic oxidation sites excluding steroid dienone is 6. The van der Waals surface area contributed by atoms with Crippen LogP contribution in [0.4, 0.5) is 4.79 Å². The van der Waals surface area contributed by atoms with Crippen LogP contribution in [-0.4, -0.2) is 48.9 Å². The Bertz CT molecular complexity index is 650. The molecular weight excluding hydrogens is 369 g/mol. The molecule has 3 aliphatic carbocycles. The minimum atomic E-state index is 0. The van der Waals surface area contributed by atoms with Crippen molar-refractivity contribution in [2.24, 2.45) is 10.9 Å². The fourth-order valence-corrected chi connectivity index (χ4v) is 3.84. The first-order chi connectivity index (χ1) is 11.6. The standard InChI is InChI=1S/C15H21N3O.C5H5.CH3.Co/c1-16-14-12-8-10-6-4-5-7-11(10)9-13(12)17(2)15(19)18(14)3;1-2-4-5-3-1;;/h8-9,12-13H,4-7H2,1-3H3;1-5H;1H3;/q;;-1;/t12-,13+;;;/m0.../s1. The van der Waals surface area contributed by atoms with Crippen molar-refractivity contribution < 1.29 is 21.6 Å². The smallest absolute Gasteiger partial charge is 0.325 e. The van der Waals surface area contributed by atoms with Crippen LogP contribution in [-0.2, 0) is 16.8 Å². The fraction of sp³-hybridized carbons (Fsp3) is 0.429. The minimum Gasteiger partial charge on any atom is -0.358 e. The number of amidine groups is 1. The van der Waals surface area contributed by atoms with Crippen molar-refractivity contribution in [3.63, 3.8) is 0 Å². The molecule has 4 aliphatic rings. The van der Waals surface area contributed by atoms with Gasteiger partial charge in [-0.25, -0.2) is 4.79 Å². The van der Waals surface area contributed by atoms with Crippen molar-refractivity contribution >= 4 is 11.9 Å². The van der Waals surface area contributed by atoms with Gasteiger partial charge in [0.15, 0.2) is 0 Å². The summed E-state index contributed by atoms with van der Waals surface area (Å²) in [7, 11) is 5.48. The summed E-state index contributed by atoms with van der Waals surface area (Å²) < 4.78 is 0. The molecule has 0 bridgehead atoms. The maximum Gasteiger partial charge on any atom is 0.325 e. The number of urea groups is 1. The molecule has 1 saturated carbocycles. The Balaban J connectivity index is 0.000000421. The van der Waals surface area contributed by atoms with Crippen LogP contribution in [0.1, 0.15) is 25.7 Å². The van der Waals surface area contributed by atoms with Crippen molar-refractivity contribution in [1.82, 2.24) is 9.80 Å². The van der Waals surface area contributed by atoms with E-state index in [9.17, 15) is 4.79 Å². The summed E-state index contributed by atoms with van der Waals surface area (Å²) in [6.07, 6.45) is 19.5. The molecule has 4 nitrogen and oxygen atoms in total. The van der Waals surface area contributed by atoms with Gasteiger partial charge in [-0.3, -0.25) is 9.89 Å². The van der Waals surface area contributed by atoms with E-state index in [1.807, 2.05) is 49.7 Å². The Hall–Kier alpha value is -1.59. The molecule has 2 atom stereocenters. The SMILES string of the molecule is CN=C1[C@H]2C=C3CCCCC3=C[C@H]2N(C)C(=O)N1C.[CH3-].[CH]1C=CC=C1.[Co]. The van der Waals surface area contributed by atoms with Crippen molar-refractivity contribution in [3.05, 3.63) is 61.4 Å². The van der Waals surface area contributed by atoms with E-state index in [2.05, 4.69) is 17.1 Å². The van der Waals surface area contributed by atoms with Crippen molar-refractivity contribution in [2.45, 2.75) is 31.7 Å². The average Bonchev–Trinajstić information content (AvgIpc) is 3.19. The summed E-state index contributed by atoms with van der Waals surface area (Å²) in [5.41, 5.74) is 2.93. The molecule has 0 N–H and O–H groups in total. The number of hydrogen-bond donors (Lipinski definition) is 0. The molecule has 0 unspecified atom stereocenters. The summed E-state index contributed by atoms with van der Waals surface area (Å²) in [6, 6.07) is 0.172. The minimum absolute atomic E-state index is 0. The summed E-state index contributed by atoms with van der Waals surface area (Å²) in [5.74, 6) is 1.11. The van der Waals surface area contributed by atoms with E-state index in [1.54, 1.807) is 11.9 Å². The third-order valence-corrected chi connectivity index (χ3v) is 5.14. The molecular formula is C21H29CoN3O-. The monoisotopic (exact) mass is 398 g/mol. The largest absolute Gasteiger partial charge is 0.358 e. The van der Waals surface area contributed by atoms with Gasteiger partial charge in [0.1, 0.15) is 5.84 Å². The maximum absolute atomic E-state index is 12.2. The van der Waals surface area contributed by atoms with Gasteiger partial charge in [0, 0.05) is 44.3 Å². The third kappa shape index (κ3) is 4.38. The topological polar surface area (TPSA) is 35.9 Å². The first-order valence-corrected chi connectivity index (χ1v) is 8.69. The molecule has 0 aromatic rings. The summed E-state index contributed by atoms with van der Waals surface area (Å²) in [6.45, 7) is 0. The van der Waals surface area contributed by atoms with Gasteiger partial charge in [-0.1, -0.05) is 36.5 Å². The molecule has 4 rings (SSSR count). The van der Waals surface area contributed by atoms with Gasteiger partial charge >= 0.3 is 6.03 Å². The van der Waals surface area contributed by atoms with E-state index in [1.165, 1.54) is 30.4 Å². The van der Waals surface area contributed by atoms with Crippen LogP contribution in [0, 0.1) is 19.8 Å². The number of rotatable bonds is 0. The van der Waals surface area contributed by atoms with Crippen LogP contribution in [0.25, 0.3) is 0 Å². The second-order valence-corrected chi connectivity index (χ2v) is 6.60. The molecule has 26 heavy (non-hydrogen) atoms. The number of fused-ring (bicyclic) bond motifs is 2. The van der Waals surface area contributed by atoms with E-state index in [-0.39, 0.29) is 42.2 Å². The number of hydrogen-bond acceptors (Lipinski definition) is 2. The number of likely N-dealkylation sites (N-methyl/N-ethyl adjacent to an activating group) is 1. The average molecular weight is 398 g/mol. The van der Waals surface area contributed by atoms with Gasteiger partial charge in [0.2, 0.25) is 0 Å². The quantitative estimate of drug-likeness (QED) is 0.564. The molecule has 0 spiro atoms. The number of carbonyl (C=O) groups excluding carboxylic acids is 1. The van der Waals surface area contributed by atoms with Gasteiger partial charge in [-0.15, -0.1) is 0 Å². The van der Waals surface area contributed by atoms with Crippen molar-refractivity contribution in [2.75, 3.05) is 21.1 Å². The molecule has 0 aromatic heterocycles. The predicted octanol–water partition coefficient (Wildman–Crippen LogP) is 4.20. The summed E-state index contributed by atoms with van der Waals surface area (Å²) in [4.78, 5) is 20.1. The van der Waals surface area contributed by atoms with Gasteiger partial charge in [-0.05, 0) is 36.8 Å². The van der Waals surface area contributed by atoms with Crippen LogP contribution >= 0.6 is 0 Å². The molecule has 5 heteroatoms. The molecule has 0 aromatic carbocycles. The molecule has 2 radical (unpaired) electrons. The Morgan fingerprint density at radius 3 is 2.08 bits per heavy atom. The van der Waals surface area contributed by atoms with Gasteiger partial charge in [-0.2, -0.15) is 0 Å². The first-order valence-electron chi connectivity index (χ1n) is 8.69. The number of carbonyl (C=O) groups is 1. The molecule has 1 aliphatic heterocycles. The molecule has 2 fully saturated rings. The van der Waals surface area contributed by atoms with Crippen LogP contribution in [0.3, 0.4) is 0 Å². The normalized spacial score (nSPS) is 27.3.